The fourth-order valence-corrected chi connectivity index (χ4v) is 1.96. The average molecular weight is 236 g/mol. The van der Waals surface area contributed by atoms with Crippen molar-refractivity contribution in [2.24, 2.45) is 0 Å². The van der Waals surface area contributed by atoms with E-state index in [4.69, 9.17) is 0 Å². The lowest BCUT2D eigenvalue weighted by Crippen LogP contribution is -2.05. The second-order valence-electron chi connectivity index (χ2n) is 3.15. The minimum atomic E-state index is -0.264. The molecule has 0 amide bonds. The Labute approximate surface area is 95.7 Å². The second kappa shape index (κ2) is 4.94. The Morgan fingerprint density at radius 3 is 2.69 bits per heavy atom. The van der Waals surface area contributed by atoms with Gasteiger partial charge in [-0.1, -0.05) is 23.9 Å². The van der Waals surface area contributed by atoms with Crippen LogP contribution in [0.3, 0.4) is 0 Å². The van der Waals surface area contributed by atoms with Gasteiger partial charge in [0.25, 0.3) is 5.56 Å². The topological polar surface area (TPSA) is 45.8 Å². The van der Waals surface area contributed by atoms with Gasteiger partial charge in [0.1, 0.15) is 5.82 Å². The van der Waals surface area contributed by atoms with Gasteiger partial charge in [0, 0.05) is 18.0 Å². The molecule has 1 heterocycles. The number of nitrogens with zero attached hydrogens (tertiary/aromatic N) is 1. The van der Waals surface area contributed by atoms with Gasteiger partial charge >= 0.3 is 0 Å². The summed E-state index contributed by atoms with van der Waals surface area (Å²) in [5, 5.41) is 0.567. The Bertz CT molecular complexity index is 524. The van der Waals surface area contributed by atoms with E-state index in [-0.39, 0.29) is 11.4 Å². The van der Waals surface area contributed by atoms with Crippen molar-refractivity contribution >= 4 is 11.8 Å². The zero-order chi connectivity index (χ0) is 11.4. The van der Waals surface area contributed by atoms with Crippen molar-refractivity contribution in [1.29, 1.82) is 0 Å². The summed E-state index contributed by atoms with van der Waals surface area (Å²) >= 11 is 1.40. The maximum absolute atomic E-state index is 12.6. The molecular formula is C11H9FN2OS. The van der Waals surface area contributed by atoms with Crippen LogP contribution in [0.5, 0.6) is 0 Å². The molecular weight excluding hydrogens is 227 g/mol. The monoisotopic (exact) mass is 236 g/mol. The van der Waals surface area contributed by atoms with Crippen molar-refractivity contribution in [3.8, 4) is 0 Å². The zero-order valence-electron chi connectivity index (χ0n) is 8.31. The number of hydrogen-bond acceptors (Lipinski definition) is 3. The van der Waals surface area contributed by atoms with Gasteiger partial charge in [-0.3, -0.25) is 4.79 Å². The molecule has 0 radical (unpaired) electrons. The van der Waals surface area contributed by atoms with Gasteiger partial charge in [-0.25, -0.2) is 4.39 Å². The summed E-state index contributed by atoms with van der Waals surface area (Å²) < 4.78 is 12.6. The third-order valence-corrected chi connectivity index (χ3v) is 2.89. The normalized spacial score (nSPS) is 10.3. The lowest BCUT2D eigenvalue weighted by Gasteiger charge is -2.00. The van der Waals surface area contributed by atoms with Crippen LogP contribution in [0, 0.1) is 5.82 Å². The van der Waals surface area contributed by atoms with Crippen molar-refractivity contribution in [2.75, 3.05) is 0 Å². The number of aromatic nitrogens is 2. The molecule has 0 aliphatic heterocycles. The maximum atomic E-state index is 12.6. The maximum Gasteiger partial charge on any atom is 0.273 e. The molecule has 3 nitrogen and oxygen atoms in total. The van der Waals surface area contributed by atoms with Crippen LogP contribution in [-0.4, -0.2) is 9.97 Å². The molecule has 1 N–H and O–H groups in total. The SMILES string of the molecule is O=c1cc[nH]c(SCc2ccc(F)cc2)n1. The molecule has 16 heavy (non-hydrogen) atoms. The molecule has 0 saturated heterocycles. The summed E-state index contributed by atoms with van der Waals surface area (Å²) in [5.41, 5.74) is 0.721. The Morgan fingerprint density at radius 2 is 2.00 bits per heavy atom. The van der Waals surface area contributed by atoms with Gasteiger partial charge in [-0.15, -0.1) is 0 Å². The average Bonchev–Trinajstić information content (AvgIpc) is 2.28. The van der Waals surface area contributed by atoms with Crippen LogP contribution in [0.1, 0.15) is 5.56 Å². The Hall–Kier alpha value is -1.62. The smallest absolute Gasteiger partial charge is 0.273 e. The quantitative estimate of drug-likeness (QED) is 0.656. The molecule has 5 heteroatoms. The summed E-state index contributed by atoms with van der Waals surface area (Å²) in [6, 6.07) is 7.61. The molecule has 2 rings (SSSR count). The van der Waals surface area contributed by atoms with E-state index in [1.54, 1.807) is 18.3 Å². The van der Waals surface area contributed by atoms with Crippen LogP contribution in [0.4, 0.5) is 4.39 Å². The van der Waals surface area contributed by atoms with Gasteiger partial charge in [0.05, 0.1) is 0 Å². The van der Waals surface area contributed by atoms with Gasteiger partial charge in [0.15, 0.2) is 5.16 Å². The lowest BCUT2D eigenvalue weighted by atomic mass is 10.2. The van der Waals surface area contributed by atoms with Gasteiger partial charge in [-0.05, 0) is 17.7 Å². The molecule has 0 atom stereocenters. The molecule has 2 aromatic rings. The Balaban J connectivity index is 2.02. The summed E-state index contributed by atoms with van der Waals surface area (Å²) in [5.74, 6) is 0.396. The number of benzene rings is 1. The van der Waals surface area contributed by atoms with Gasteiger partial charge in [0.2, 0.25) is 0 Å². The lowest BCUT2D eigenvalue weighted by molar-refractivity contribution is 0.627. The summed E-state index contributed by atoms with van der Waals surface area (Å²) in [4.78, 5) is 17.6. The summed E-state index contributed by atoms with van der Waals surface area (Å²) in [6.45, 7) is 0. The largest absolute Gasteiger partial charge is 0.341 e. The third-order valence-electron chi connectivity index (χ3n) is 1.93. The van der Waals surface area contributed by atoms with Crippen molar-refractivity contribution in [2.45, 2.75) is 10.9 Å². The number of rotatable bonds is 3. The number of H-pyrrole nitrogens is 1. The third kappa shape index (κ3) is 2.93. The van der Waals surface area contributed by atoms with E-state index in [0.29, 0.717) is 10.9 Å². The van der Waals surface area contributed by atoms with Crippen LogP contribution >= 0.6 is 11.8 Å². The highest BCUT2D eigenvalue weighted by Gasteiger charge is 1.98. The van der Waals surface area contributed by atoms with Crippen molar-refractivity contribution in [3.63, 3.8) is 0 Å². The summed E-state index contributed by atoms with van der Waals surface area (Å²) in [6.07, 6.45) is 1.56. The second-order valence-corrected chi connectivity index (χ2v) is 4.11. The van der Waals surface area contributed by atoms with Crippen LogP contribution in [0.15, 0.2) is 46.5 Å². The van der Waals surface area contributed by atoms with Crippen LogP contribution in [-0.2, 0) is 5.75 Å². The predicted molar refractivity (Wildman–Crippen MR) is 60.8 cm³/mol. The molecule has 0 unspecified atom stereocenters. The molecule has 0 aliphatic rings. The van der Waals surface area contributed by atoms with E-state index in [1.807, 2.05) is 0 Å². The van der Waals surface area contributed by atoms with E-state index in [0.717, 1.165) is 5.56 Å². The Morgan fingerprint density at radius 1 is 1.25 bits per heavy atom. The van der Waals surface area contributed by atoms with Crippen LogP contribution in [0.2, 0.25) is 0 Å². The fourth-order valence-electron chi connectivity index (χ4n) is 1.16. The molecule has 0 fully saturated rings. The predicted octanol–water partition coefficient (Wildman–Crippen LogP) is 2.20. The first-order valence-corrected chi connectivity index (χ1v) is 5.65. The minimum Gasteiger partial charge on any atom is -0.341 e. The van der Waals surface area contributed by atoms with E-state index >= 15 is 0 Å². The van der Waals surface area contributed by atoms with E-state index in [1.165, 1.54) is 30.0 Å². The highest BCUT2D eigenvalue weighted by Crippen LogP contribution is 2.17. The molecule has 0 bridgehead atoms. The molecule has 1 aromatic carbocycles. The van der Waals surface area contributed by atoms with Crippen molar-refractivity contribution < 1.29 is 4.39 Å². The first-order valence-electron chi connectivity index (χ1n) is 4.67. The van der Waals surface area contributed by atoms with Gasteiger partial charge in [-0.2, -0.15) is 4.98 Å². The van der Waals surface area contributed by atoms with E-state index in [9.17, 15) is 9.18 Å². The highest BCUT2D eigenvalue weighted by molar-refractivity contribution is 7.98. The number of thioether (sulfide) groups is 1. The standard InChI is InChI=1S/C11H9FN2OS/c12-9-3-1-8(2-4-9)7-16-11-13-6-5-10(15)14-11/h1-6H,7H2,(H,13,14,15). The van der Waals surface area contributed by atoms with Gasteiger partial charge < -0.3 is 4.98 Å². The van der Waals surface area contributed by atoms with Crippen molar-refractivity contribution in [3.05, 3.63) is 58.3 Å². The molecule has 82 valence electrons. The fraction of sp³-hybridized carbons (Fsp3) is 0.0909. The highest BCUT2D eigenvalue weighted by atomic mass is 32.2. The molecule has 1 aromatic heterocycles. The molecule has 0 spiro atoms. The summed E-state index contributed by atoms with van der Waals surface area (Å²) in [7, 11) is 0. The van der Waals surface area contributed by atoms with E-state index < -0.39 is 0 Å². The van der Waals surface area contributed by atoms with Crippen LogP contribution < -0.4 is 5.56 Å². The number of halogens is 1. The minimum absolute atomic E-state index is 0.250. The zero-order valence-corrected chi connectivity index (χ0v) is 9.13. The van der Waals surface area contributed by atoms with E-state index in [2.05, 4.69) is 9.97 Å². The number of hydrogen-bond donors (Lipinski definition) is 1. The van der Waals surface area contributed by atoms with Crippen molar-refractivity contribution in [1.82, 2.24) is 9.97 Å². The first kappa shape index (κ1) is 10.9. The molecule has 0 saturated carbocycles. The number of nitrogens with one attached hydrogen (secondary N) is 1. The molecule has 0 aliphatic carbocycles. The number of aromatic amines is 1. The van der Waals surface area contributed by atoms with Crippen LogP contribution in [0.25, 0.3) is 0 Å². The first-order chi connectivity index (χ1) is 7.74. The Kier molecular flexibility index (Phi) is 3.36.